The van der Waals surface area contributed by atoms with Crippen molar-refractivity contribution in [2.45, 2.75) is 25.3 Å². The maximum absolute atomic E-state index is 5.02. The van der Waals surface area contributed by atoms with Gasteiger partial charge in [0.15, 0.2) is 0 Å². The highest BCUT2D eigenvalue weighted by Crippen LogP contribution is 2.22. The zero-order valence-corrected chi connectivity index (χ0v) is 7.79. The van der Waals surface area contributed by atoms with E-state index in [0.29, 0.717) is 6.04 Å². The lowest BCUT2D eigenvalue weighted by Crippen LogP contribution is -2.27. The van der Waals surface area contributed by atoms with E-state index in [9.17, 15) is 0 Å². The Balaban J connectivity index is 1.96. The second kappa shape index (κ2) is 3.64. The Labute approximate surface area is 78.1 Å². The van der Waals surface area contributed by atoms with Gasteiger partial charge in [0.2, 0.25) is 0 Å². The third kappa shape index (κ3) is 1.91. The number of hydrogen-bond donors (Lipinski definition) is 1. The number of aromatic nitrogens is 1. The molecule has 1 aliphatic rings. The van der Waals surface area contributed by atoms with E-state index in [1.165, 1.54) is 19.3 Å². The lowest BCUT2D eigenvalue weighted by atomic mass is 9.93. The summed E-state index contributed by atoms with van der Waals surface area (Å²) in [7, 11) is 1.65. The summed E-state index contributed by atoms with van der Waals surface area (Å²) in [5, 5.41) is 3.36. The van der Waals surface area contributed by atoms with Gasteiger partial charge >= 0.3 is 0 Å². The molecular formula is C10H14N2O. The zero-order chi connectivity index (χ0) is 9.10. The molecule has 2 rings (SSSR count). The number of nitrogens with zero attached hydrogens (tertiary/aromatic N) is 1. The van der Waals surface area contributed by atoms with Crippen molar-refractivity contribution in [3.05, 3.63) is 18.3 Å². The monoisotopic (exact) mass is 178 g/mol. The molecule has 0 aromatic carbocycles. The smallest absolute Gasteiger partial charge is 0.137 e. The summed E-state index contributed by atoms with van der Waals surface area (Å²) in [6.07, 6.45) is 5.62. The van der Waals surface area contributed by atoms with Crippen LogP contribution in [-0.4, -0.2) is 18.1 Å². The van der Waals surface area contributed by atoms with Gasteiger partial charge in [0.05, 0.1) is 13.3 Å². The number of rotatable bonds is 3. The summed E-state index contributed by atoms with van der Waals surface area (Å²) < 4.78 is 5.02. The van der Waals surface area contributed by atoms with Crippen LogP contribution in [0, 0.1) is 0 Å². The van der Waals surface area contributed by atoms with Crippen molar-refractivity contribution in [2.75, 3.05) is 12.4 Å². The molecule has 1 aliphatic carbocycles. The molecule has 1 heterocycles. The van der Waals surface area contributed by atoms with Gasteiger partial charge in [0, 0.05) is 6.04 Å². The van der Waals surface area contributed by atoms with E-state index in [1.54, 1.807) is 13.3 Å². The van der Waals surface area contributed by atoms with Gasteiger partial charge in [-0.3, -0.25) is 0 Å². The minimum absolute atomic E-state index is 0.640. The molecule has 0 atom stereocenters. The molecule has 0 saturated heterocycles. The van der Waals surface area contributed by atoms with Crippen molar-refractivity contribution >= 4 is 5.82 Å². The Bertz CT molecular complexity index is 267. The Morgan fingerprint density at radius 1 is 1.46 bits per heavy atom. The van der Waals surface area contributed by atoms with Crippen molar-refractivity contribution in [2.24, 2.45) is 0 Å². The Morgan fingerprint density at radius 3 is 2.77 bits per heavy atom. The fourth-order valence-corrected chi connectivity index (χ4v) is 1.35. The van der Waals surface area contributed by atoms with E-state index in [1.807, 2.05) is 12.1 Å². The molecule has 0 aliphatic heterocycles. The van der Waals surface area contributed by atoms with Crippen LogP contribution in [0.3, 0.4) is 0 Å². The topological polar surface area (TPSA) is 34.1 Å². The molecule has 0 bridgehead atoms. The van der Waals surface area contributed by atoms with Crippen LogP contribution in [0.5, 0.6) is 5.75 Å². The zero-order valence-electron chi connectivity index (χ0n) is 7.79. The normalized spacial score (nSPS) is 16.4. The van der Waals surface area contributed by atoms with E-state index in [0.717, 1.165) is 11.6 Å². The summed E-state index contributed by atoms with van der Waals surface area (Å²) in [4.78, 5) is 4.24. The van der Waals surface area contributed by atoms with Crippen LogP contribution >= 0.6 is 0 Å². The largest absolute Gasteiger partial charge is 0.495 e. The van der Waals surface area contributed by atoms with E-state index in [2.05, 4.69) is 10.3 Å². The second-order valence-corrected chi connectivity index (χ2v) is 3.36. The van der Waals surface area contributed by atoms with Gasteiger partial charge < -0.3 is 10.1 Å². The van der Waals surface area contributed by atoms with Gasteiger partial charge in [0.1, 0.15) is 11.6 Å². The molecule has 70 valence electrons. The lowest BCUT2D eigenvalue weighted by Gasteiger charge is -2.26. The first kappa shape index (κ1) is 8.35. The van der Waals surface area contributed by atoms with Gasteiger partial charge in [-0.25, -0.2) is 4.98 Å². The van der Waals surface area contributed by atoms with Crippen molar-refractivity contribution in [1.82, 2.24) is 4.98 Å². The van der Waals surface area contributed by atoms with Gasteiger partial charge in [-0.2, -0.15) is 0 Å². The molecule has 0 spiro atoms. The number of methoxy groups -OCH3 is 1. The van der Waals surface area contributed by atoms with E-state index in [-0.39, 0.29) is 0 Å². The van der Waals surface area contributed by atoms with Gasteiger partial charge in [0.25, 0.3) is 0 Å². The first-order valence-electron chi connectivity index (χ1n) is 4.65. The van der Waals surface area contributed by atoms with Crippen LogP contribution in [-0.2, 0) is 0 Å². The number of nitrogens with one attached hydrogen (secondary N) is 1. The number of ether oxygens (including phenoxy) is 1. The average molecular weight is 178 g/mol. The fourth-order valence-electron chi connectivity index (χ4n) is 1.35. The van der Waals surface area contributed by atoms with Crippen LogP contribution in [0.25, 0.3) is 0 Å². The number of anilines is 1. The quantitative estimate of drug-likeness (QED) is 0.769. The van der Waals surface area contributed by atoms with Crippen molar-refractivity contribution < 1.29 is 4.74 Å². The molecule has 13 heavy (non-hydrogen) atoms. The molecule has 1 aromatic rings. The molecule has 0 unspecified atom stereocenters. The highest BCUT2D eigenvalue weighted by Gasteiger charge is 2.16. The number of pyridine rings is 1. The molecule has 0 radical (unpaired) electrons. The number of hydrogen-bond acceptors (Lipinski definition) is 3. The second-order valence-electron chi connectivity index (χ2n) is 3.36. The maximum Gasteiger partial charge on any atom is 0.137 e. The SMILES string of the molecule is COc1ccc(NC2CCC2)nc1. The summed E-state index contributed by atoms with van der Waals surface area (Å²) in [5.41, 5.74) is 0. The van der Waals surface area contributed by atoms with Crippen molar-refractivity contribution in [1.29, 1.82) is 0 Å². The third-order valence-corrected chi connectivity index (χ3v) is 2.43. The van der Waals surface area contributed by atoms with Crippen LogP contribution in [0.1, 0.15) is 19.3 Å². The molecule has 1 saturated carbocycles. The Hall–Kier alpha value is -1.25. The maximum atomic E-state index is 5.02. The van der Waals surface area contributed by atoms with E-state index < -0.39 is 0 Å². The summed E-state index contributed by atoms with van der Waals surface area (Å²) in [6, 6.07) is 4.52. The van der Waals surface area contributed by atoms with Crippen molar-refractivity contribution in [3.63, 3.8) is 0 Å². The summed E-state index contributed by atoms with van der Waals surface area (Å²) in [5.74, 6) is 1.75. The first-order valence-corrected chi connectivity index (χ1v) is 4.65. The van der Waals surface area contributed by atoms with Crippen LogP contribution in [0.2, 0.25) is 0 Å². The molecule has 0 amide bonds. The standard InChI is InChI=1S/C10H14N2O/c1-13-9-5-6-10(11-7-9)12-8-3-2-4-8/h5-8H,2-4H2,1H3,(H,11,12). The lowest BCUT2D eigenvalue weighted by molar-refractivity contribution is 0.412. The fraction of sp³-hybridized carbons (Fsp3) is 0.500. The Kier molecular flexibility index (Phi) is 2.34. The predicted molar refractivity (Wildman–Crippen MR) is 52.1 cm³/mol. The van der Waals surface area contributed by atoms with Crippen LogP contribution in [0.4, 0.5) is 5.82 Å². The highest BCUT2D eigenvalue weighted by atomic mass is 16.5. The molecule has 3 nitrogen and oxygen atoms in total. The third-order valence-electron chi connectivity index (χ3n) is 2.43. The van der Waals surface area contributed by atoms with Crippen LogP contribution < -0.4 is 10.1 Å². The highest BCUT2D eigenvalue weighted by molar-refractivity contribution is 5.38. The average Bonchev–Trinajstić information content (AvgIpc) is 2.12. The molecular weight excluding hydrogens is 164 g/mol. The molecule has 3 heteroatoms. The van der Waals surface area contributed by atoms with Crippen molar-refractivity contribution in [3.8, 4) is 5.75 Å². The minimum atomic E-state index is 0.640. The predicted octanol–water partition coefficient (Wildman–Crippen LogP) is 2.05. The van der Waals surface area contributed by atoms with Crippen LogP contribution in [0.15, 0.2) is 18.3 Å². The summed E-state index contributed by atoms with van der Waals surface area (Å²) >= 11 is 0. The molecule has 1 fully saturated rings. The van der Waals surface area contributed by atoms with E-state index in [4.69, 9.17) is 4.74 Å². The minimum Gasteiger partial charge on any atom is -0.495 e. The first-order chi connectivity index (χ1) is 6.38. The molecule has 1 N–H and O–H groups in total. The summed E-state index contributed by atoms with van der Waals surface area (Å²) in [6.45, 7) is 0. The van der Waals surface area contributed by atoms with Gasteiger partial charge in [-0.05, 0) is 31.4 Å². The van der Waals surface area contributed by atoms with E-state index >= 15 is 0 Å². The molecule has 1 aromatic heterocycles. The van der Waals surface area contributed by atoms with Gasteiger partial charge in [-0.1, -0.05) is 0 Å². The Morgan fingerprint density at radius 2 is 2.31 bits per heavy atom. The van der Waals surface area contributed by atoms with Gasteiger partial charge in [-0.15, -0.1) is 0 Å².